The number of benzene rings is 2. The third-order valence-corrected chi connectivity index (χ3v) is 4.74. The Bertz CT molecular complexity index is 842. The third kappa shape index (κ3) is 7.07. The standard InChI is InChI=1S/C19H20BrN3O3S/c1-3-25-17-9-15(16(20)10-18(17)26-13(2)24)11-22-23-19(21)27-12-14-7-5-4-6-8-14/h4-11H,3,12H2,1-2H3,(H2,21,23). The van der Waals surface area contributed by atoms with Crippen molar-refractivity contribution in [1.29, 1.82) is 0 Å². The third-order valence-electron chi connectivity index (χ3n) is 3.20. The van der Waals surface area contributed by atoms with Crippen LogP contribution in [0.3, 0.4) is 0 Å². The van der Waals surface area contributed by atoms with Gasteiger partial charge < -0.3 is 15.2 Å². The van der Waals surface area contributed by atoms with Crippen molar-refractivity contribution in [1.82, 2.24) is 0 Å². The van der Waals surface area contributed by atoms with Gasteiger partial charge in [-0.25, -0.2) is 0 Å². The molecule has 2 N–H and O–H groups in total. The summed E-state index contributed by atoms with van der Waals surface area (Å²) < 4.78 is 11.4. The van der Waals surface area contributed by atoms with E-state index in [-0.39, 0.29) is 0 Å². The molecule has 0 saturated heterocycles. The van der Waals surface area contributed by atoms with Crippen LogP contribution in [0, 0.1) is 0 Å². The minimum atomic E-state index is -0.419. The molecule has 0 aromatic heterocycles. The van der Waals surface area contributed by atoms with Gasteiger partial charge in [0.15, 0.2) is 16.7 Å². The maximum absolute atomic E-state index is 11.2. The largest absolute Gasteiger partial charge is 0.490 e. The molecule has 142 valence electrons. The Kier molecular flexibility index (Phi) is 8.35. The van der Waals surface area contributed by atoms with E-state index in [4.69, 9.17) is 15.2 Å². The van der Waals surface area contributed by atoms with E-state index in [2.05, 4.69) is 26.1 Å². The molecule has 2 aromatic carbocycles. The van der Waals surface area contributed by atoms with E-state index in [0.717, 1.165) is 16.9 Å². The summed E-state index contributed by atoms with van der Waals surface area (Å²) in [6.07, 6.45) is 1.56. The van der Waals surface area contributed by atoms with Gasteiger partial charge in [-0.2, -0.15) is 5.10 Å². The van der Waals surface area contributed by atoms with Gasteiger partial charge in [-0.05, 0) is 40.5 Å². The molecule has 0 spiro atoms. The summed E-state index contributed by atoms with van der Waals surface area (Å²) in [5.74, 6) is 1.10. The van der Waals surface area contributed by atoms with Crippen LogP contribution < -0.4 is 15.2 Å². The van der Waals surface area contributed by atoms with Crippen molar-refractivity contribution in [2.45, 2.75) is 19.6 Å². The van der Waals surface area contributed by atoms with Crippen LogP contribution in [-0.2, 0) is 10.5 Å². The van der Waals surface area contributed by atoms with Crippen molar-refractivity contribution in [3.8, 4) is 11.5 Å². The first-order chi connectivity index (χ1) is 13.0. The number of nitrogens with zero attached hydrogens (tertiary/aromatic N) is 2. The van der Waals surface area contributed by atoms with E-state index in [9.17, 15) is 4.79 Å². The first-order valence-corrected chi connectivity index (χ1v) is 9.95. The van der Waals surface area contributed by atoms with Gasteiger partial charge in [0.05, 0.1) is 12.8 Å². The molecule has 0 aliphatic heterocycles. The lowest BCUT2D eigenvalue weighted by atomic mass is 10.2. The second-order valence-electron chi connectivity index (χ2n) is 5.30. The molecule has 8 heteroatoms. The molecular weight excluding hydrogens is 430 g/mol. The summed E-state index contributed by atoms with van der Waals surface area (Å²) in [5, 5.41) is 8.40. The minimum Gasteiger partial charge on any atom is -0.490 e. The number of carbonyl (C=O) groups excluding carboxylic acids is 1. The number of carbonyl (C=O) groups is 1. The van der Waals surface area contributed by atoms with E-state index in [1.165, 1.54) is 18.7 Å². The maximum atomic E-state index is 11.2. The Balaban J connectivity index is 2.08. The van der Waals surface area contributed by atoms with Crippen LogP contribution in [0.15, 0.2) is 57.1 Å². The van der Waals surface area contributed by atoms with Crippen LogP contribution in [0.4, 0.5) is 0 Å². The van der Waals surface area contributed by atoms with E-state index in [1.54, 1.807) is 18.3 Å². The van der Waals surface area contributed by atoms with Crippen molar-refractivity contribution in [2.75, 3.05) is 6.61 Å². The Hall–Kier alpha value is -2.32. The Morgan fingerprint density at radius 1 is 1.26 bits per heavy atom. The number of thioether (sulfide) groups is 1. The smallest absolute Gasteiger partial charge is 0.308 e. The van der Waals surface area contributed by atoms with Crippen molar-refractivity contribution in [2.24, 2.45) is 15.9 Å². The van der Waals surface area contributed by atoms with Crippen molar-refractivity contribution in [3.05, 3.63) is 58.1 Å². The number of nitrogens with two attached hydrogens (primary N) is 1. The Morgan fingerprint density at radius 3 is 2.67 bits per heavy atom. The highest BCUT2D eigenvalue weighted by Crippen LogP contribution is 2.33. The van der Waals surface area contributed by atoms with E-state index in [0.29, 0.717) is 27.7 Å². The molecular formula is C19H20BrN3O3S. The zero-order valence-electron chi connectivity index (χ0n) is 15.0. The predicted octanol–water partition coefficient (Wildman–Crippen LogP) is 4.36. The van der Waals surface area contributed by atoms with E-state index < -0.39 is 5.97 Å². The number of amidine groups is 1. The second kappa shape index (κ2) is 10.7. The van der Waals surface area contributed by atoms with Crippen LogP contribution in [0.5, 0.6) is 11.5 Å². The normalized spacial score (nSPS) is 11.6. The van der Waals surface area contributed by atoms with Gasteiger partial charge in [-0.3, -0.25) is 4.79 Å². The Morgan fingerprint density at radius 2 is 2.00 bits per heavy atom. The van der Waals surface area contributed by atoms with Gasteiger partial charge in [-0.15, -0.1) is 5.10 Å². The van der Waals surface area contributed by atoms with E-state index in [1.807, 2.05) is 37.3 Å². The van der Waals surface area contributed by atoms with Crippen LogP contribution >= 0.6 is 27.7 Å². The van der Waals surface area contributed by atoms with Gasteiger partial charge in [0, 0.05) is 22.7 Å². The number of ether oxygens (including phenoxy) is 2. The first-order valence-electron chi connectivity index (χ1n) is 8.17. The number of hydrogen-bond donors (Lipinski definition) is 1. The van der Waals surface area contributed by atoms with Crippen molar-refractivity contribution in [3.63, 3.8) is 0 Å². The van der Waals surface area contributed by atoms with Gasteiger partial charge >= 0.3 is 5.97 Å². The highest BCUT2D eigenvalue weighted by atomic mass is 79.9. The van der Waals surface area contributed by atoms with Crippen LogP contribution in [0.1, 0.15) is 25.0 Å². The SMILES string of the molecule is CCOc1cc(C=NN=C(N)SCc2ccccc2)c(Br)cc1OC(C)=O. The van der Waals surface area contributed by atoms with Crippen LogP contribution in [-0.4, -0.2) is 24.0 Å². The van der Waals surface area contributed by atoms with Gasteiger partial charge in [0.1, 0.15) is 0 Å². The second-order valence-corrected chi connectivity index (χ2v) is 7.15. The summed E-state index contributed by atoms with van der Waals surface area (Å²) in [6.45, 7) is 3.62. The molecule has 0 bridgehead atoms. The molecule has 2 aromatic rings. The molecule has 0 saturated carbocycles. The van der Waals surface area contributed by atoms with Gasteiger partial charge in [0.2, 0.25) is 0 Å². The summed E-state index contributed by atoms with van der Waals surface area (Å²) in [7, 11) is 0. The zero-order chi connectivity index (χ0) is 19.6. The number of esters is 1. The fourth-order valence-corrected chi connectivity index (χ4v) is 3.10. The van der Waals surface area contributed by atoms with Crippen molar-refractivity contribution >= 4 is 45.0 Å². The monoisotopic (exact) mass is 449 g/mol. The number of hydrogen-bond acceptors (Lipinski definition) is 6. The fraction of sp³-hybridized carbons (Fsp3) is 0.211. The van der Waals surface area contributed by atoms with E-state index >= 15 is 0 Å². The van der Waals surface area contributed by atoms with Gasteiger partial charge in [0.25, 0.3) is 0 Å². The zero-order valence-corrected chi connectivity index (χ0v) is 17.4. The molecule has 0 fully saturated rings. The molecule has 0 atom stereocenters. The highest BCUT2D eigenvalue weighted by Gasteiger charge is 2.11. The topological polar surface area (TPSA) is 86.3 Å². The molecule has 6 nitrogen and oxygen atoms in total. The number of rotatable bonds is 7. The molecule has 0 aliphatic carbocycles. The molecule has 0 amide bonds. The van der Waals surface area contributed by atoms with Crippen LogP contribution in [0.2, 0.25) is 0 Å². The quantitative estimate of drug-likeness (QED) is 0.223. The molecule has 0 aliphatic rings. The molecule has 2 rings (SSSR count). The van der Waals surface area contributed by atoms with Crippen molar-refractivity contribution < 1.29 is 14.3 Å². The van der Waals surface area contributed by atoms with Gasteiger partial charge in [-0.1, -0.05) is 42.1 Å². The maximum Gasteiger partial charge on any atom is 0.308 e. The summed E-state index contributed by atoms with van der Waals surface area (Å²) in [5.41, 5.74) is 7.77. The lowest BCUT2D eigenvalue weighted by Gasteiger charge is -2.11. The Labute approximate surface area is 171 Å². The molecule has 27 heavy (non-hydrogen) atoms. The highest BCUT2D eigenvalue weighted by molar-refractivity contribution is 9.10. The molecule has 0 unspecified atom stereocenters. The summed E-state index contributed by atoms with van der Waals surface area (Å²) >= 11 is 4.84. The average Bonchev–Trinajstić information content (AvgIpc) is 2.64. The van der Waals surface area contributed by atoms with Crippen LogP contribution in [0.25, 0.3) is 0 Å². The summed E-state index contributed by atoms with van der Waals surface area (Å²) in [4.78, 5) is 11.2. The molecule has 0 radical (unpaired) electrons. The lowest BCUT2D eigenvalue weighted by Crippen LogP contribution is -2.06. The predicted molar refractivity (Wildman–Crippen MR) is 114 cm³/mol. The minimum absolute atomic E-state index is 0.342. The fourth-order valence-electron chi connectivity index (χ4n) is 2.06. The molecule has 0 heterocycles. The lowest BCUT2D eigenvalue weighted by molar-refractivity contribution is -0.132. The average molecular weight is 450 g/mol. The first kappa shape index (κ1) is 21.0. The number of halogens is 1. The summed E-state index contributed by atoms with van der Waals surface area (Å²) in [6, 6.07) is 13.4.